The highest BCUT2D eigenvalue weighted by Crippen LogP contribution is 2.37. The molecule has 2 N–H and O–H groups in total. The molecule has 0 radical (unpaired) electrons. The van der Waals surface area contributed by atoms with Crippen LogP contribution in [0.5, 0.6) is 5.75 Å². The standard InChI is InChI=1S/C26H34FN5O3S/c1-16-22-24(29-15-30-26(22)36-23(16)25(33)28-12-7-13-32(2)3)31-18-11-10-17(27)14-21(18)35-20-9-6-5-8-19(20)34-4/h10-11,14-15,19-20H,5-9,12-13H2,1-4H3,(H,28,33)(H,29,30,31)/t19-,20-/m0/s1. The number of hydrogen-bond acceptors (Lipinski definition) is 8. The highest BCUT2D eigenvalue weighted by molar-refractivity contribution is 7.20. The molecule has 0 unspecified atom stereocenters. The van der Waals surface area contributed by atoms with E-state index in [1.165, 1.54) is 29.8 Å². The van der Waals surface area contributed by atoms with Crippen LogP contribution in [0.4, 0.5) is 15.9 Å². The average molecular weight is 516 g/mol. The lowest BCUT2D eigenvalue weighted by atomic mass is 9.94. The van der Waals surface area contributed by atoms with Crippen molar-refractivity contribution in [1.82, 2.24) is 20.2 Å². The predicted octanol–water partition coefficient (Wildman–Crippen LogP) is 4.90. The van der Waals surface area contributed by atoms with E-state index in [9.17, 15) is 9.18 Å². The van der Waals surface area contributed by atoms with E-state index in [0.29, 0.717) is 33.5 Å². The second-order valence-electron chi connectivity index (χ2n) is 9.35. The zero-order valence-electron chi connectivity index (χ0n) is 21.3. The van der Waals surface area contributed by atoms with E-state index in [1.807, 2.05) is 21.0 Å². The van der Waals surface area contributed by atoms with Gasteiger partial charge in [0.05, 0.1) is 22.1 Å². The van der Waals surface area contributed by atoms with E-state index in [-0.39, 0.29) is 23.9 Å². The van der Waals surface area contributed by atoms with Gasteiger partial charge in [-0.1, -0.05) is 6.42 Å². The highest BCUT2D eigenvalue weighted by Gasteiger charge is 2.28. The summed E-state index contributed by atoms with van der Waals surface area (Å²) in [4.78, 5) is 25.1. The number of aromatic nitrogens is 2. The summed E-state index contributed by atoms with van der Waals surface area (Å²) in [5.41, 5.74) is 1.40. The van der Waals surface area contributed by atoms with Gasteiger partial charge in [-0.3, -0.25) is 4.79 Å². The van der Waals surface area contributed by atoms with Crippen LogP contribution in [0.25, 0.3) is 10.2 Å². The van der Waals surface area contributed by atoms with Crippen molar-refractivity contribution in [2.24, 2.45) is 0 Å². The number of amides is 1. The molecule has 0 aliphatic heterocycles. The Kier molecular flexibility index (Phi) is 8.71. The van der Waals surface area contributed by atoms with E-state index in [4.69, 9.17) is 9.47 Å². The number of ether oxygens (including phenoxy) is 2. The first-order chi connectivity index (χ1) is 17.4. The number of benzene rings is 1. The van der Waals surface area contributed by atoms with Gasteiger partial charge in [0.2, 0.25) is 0 Å². The number of carbonyl (C=O) groups is 1. The van der Waals surface area contributed by atoms with Crippen LogP contribution in [0.2, 0.25) is 0 Å². The minimum atomic E-state index is -0.381. The number of hydrogen-bond donors (Lipinski definition) is 2. The van der Waals surface area contributed by atoms with Gasteiger partial charge in [0.15, 0.2) is 0 Å². The van der Waals surface area contributed by atoms with Crippen molar-refractivity contribution in [3.8, 4) is 5.75 Å². The summed E-state index contributed by atoms with van der Waals surface area (Å²) in [5, 5.41) is 7.07. The Bertz CT molecular complexity index is 1200. The lowest BCUT2D eigenvalue weighted by Crippen LogP contribution is -2.36. The van der Waals surface area contributed by atoms with Crippen molar-refractivity contribution >= 4 is 39.0 Å². The molecule has 1 aliphatic carbocycles. The zero-order chi connectivity index (χ0) is 25.7. The molecule has 194 valence electrons. The molecule has 2 aromatic heterocycles. The third kappa shape index (κ3) is 6.11. The van der Waals surface area contributed by atoms with Gasteiger partial charge in [0, 0.05) is 19.7 Å². The van der Waals surface area contributed by atoms with Crippen LogP contribution in [0.1, 0.15) is 47.3 Å². The van der Waals surface area contributed by atoms with E-state index < -0.39 is 0 Å². The van der Waals surface area contributed by atoms with Gasteiger partial charge < -0.3 is 25.0 Å². The maximum atomic E-state index is 14.2. The number of carbonyl (C=O) groups excluding carboxylic acids is 1. The van der Waals surface area contributed by atoms with Crippen molar-refractivity contribution < 1.29 is 18.7 Å². The quantitative estimate of drug-likeness (QED) is 0.371. The fourth-order valence-corrected chi connectivity index (χ4v) is 5.58. The molecule has 3 aromatic rings. The number of rotatable bonds is 10. The number of halogens is 1. The number of nitrogens with zero attached hydrogens (tertiary/aromatic N) is 3. The number of aryl methyl sites for hydroxylation is 1. The van der Waals surface area contributed by atoms with Gasteiger partial charge >= 0.3 is 0 Å². The summed E-state index contributed by atoms with van der Waals surface area (Å²) in [6, 6.07) is 4.41. The number of methoxy groups -OCH3 is 1. The molecule has 1 aromatic carbocycles. The number of anilines is 2. The second kappa shape index (κ2) is 11.9. The van der Waals surface area contributed by atoms with E-state index in [2.05, 4.69) is 25.5 Å². The number of nitrogens with one attached hydrogen (secondary N) is 2. The lowest BCUT2D eigenvalue weighted by Gasteiger charge is -2.31. The molecule has 0 saturated heterocycles. The monoisotopic (exact) mass is 515 g/mol. The molecule has 10 heteroatoms. The van der Waals surface area contributed by atoms with Crippen molar-refractivity contribution in [2.45, 2.75) is 51.2 Å². The van der Waals surface area contributed by atoms with Gasteiger partial charge in [0.25, 0.3) is 5.91 Å². The first kappa shape index (κ1) is 26.2. The molecule has 4 rings (SSSR count). The first-order valence-electron chi connectivity index (χ1n) is 12.3. The smallest absolute Gasteiger partial charge is 0.261 e. The summed E-state index contributed by atoms with van der Waals surface area (Å²) in [5.74, 6) is 0.452. The Hall–Kier alpha value is -2.82. The predicted molar refractivity (Wildman–Crippen MR) is 141 cm³/mol. The molecule has 2 atom stereocenters. The maximum absolute atomic E-state index is 14.2. The molecule has 1 amide bonds. The minimum absolute atomic E-state index is 0.0291. The summed E-state index contributed by atoms with van der Waals surface area (Å²) in [6.07, 6.45) is 6.06. The van der Waals surface area contributed by atoms with Gasteiger partial charge in [-0.05, 0) is 70.9 Å². The molecule has 0 spiro atoms. The van der Waals surface area contributed by atoms with Crippen LogP contribution in [0.3, 0.4) is 0 Å². The molecule has 1 saturated carbocycles. The third-order valence-electron chi connectivity index (χ3n) is 6.42. The molecular formula is C26H34FN5O3S. The normalized spacial score (nSPS) is 17.9. The third-order valence-corrected chi connectivity index (χ3v) is 7.62. The van der Waals surface area contributed by atoms with Gasteiger partial charge in [-0.25, -0.2) is 14.4 Å². The van der Waals surface area contributed by atoms with Crippen molar-refractivity contribution in [1.29, 1.82) is 0 Å². The molecule has 1 fully saturated rings. The summed E-state index contributed by atoms with van der Waals surface area (Å²) < 4.78 is 26.1. The van der Waals surface area contributed by atoms with E-state index >= 15 is 0 Å². The number of fused-ring (bicyclic) bond motifs is 1. The van der Waals surface area contributed by atoms with Crippen LogP contribution in [0, 0.1) is 12.7 Å². The van der Waals surface area contributed by atoms with Crippen LogP contribution >= 0.6 is 11.3 Å². The average Bonchev–Trinajstić information content (AvgIpc) is 3.21. The molecule has 36 heavy (non-hydrogen) atoms. The SMILES string of the molecule is CO[C@H]1CCCC[C@@H]1Oc1cc(F)ccc1Nc1ncnc2sc(C(=O)NCCCN(C)C)c(C)c12. The summed E-state index contributed by atoms with van der Waals surface area (Å²) in [7, 11) is 5.70. The Labute approximate surface area is 215 Å². The van der Waals surface area contributed by atoms with Gasteiger partial charge in [-0.15, -0.1) is 11.3 Å². The highest BCUT2D eigenvalue weighted by atomic mass is 32.1. The Morgan fingerprint density at radius 2 is 2.00 bits per heavy atom. The topological polar surface area (TPSA) is 88.6 Å². The number of thiophene rings is 1. The van der Waals surface area contributed by atoms with Gasteiger partial charge in [-0.2, -0.15) is 0 Å². The first-order valence-corrected chi connectivity index (χ1v) is 13.1. The molecule has 8 nitrogen and oxygen atoms in total. The minimum Gasteiger partial charge on any atom is -0.485 e. The van der Waals surface area contributed by atoms with Crippen molar-refractivity contribution in [3.05, 3.63) is 40.8 Å². The molecule has 0 bridgehead atoms. The fourth-order valence-electron chi connectivity index (χ4n) is 4.52. The van der Waals surface area contributed by atoms with E-state index in [1.54, 1.807) is 13.2 Å². The van der Waals surface area contributed by atoms with Gasteiger partial charge in [0.1, 0.15) is 34.6 Å². The van der Waals surface area contributed by atoms with Crippen LogP contribution in [-0.2, 0) is 4.74 Å². The zero-order valence-corrected chi connectivity index (χ0v) is 22.1. The Morgan fingerprint density at radius 1 is 1.22 bits per heavy atom. The van der Waals surface area contributed by atoms with E-state index in [0.717, 1.165) is 49.6 Å². The van der Waals surface area contributed by atoms with Crippen LogP contribution in [-0.4, -0.2) is 67.3 Å². The Balaban J connectivity index is 1.58. The molecule has 1 aliphatic rings. The molecular weight excluding hydrogens is 481 g/mol. The largest absolute Gasteiger partial charge is 0.485 e. The van der Waals surface area contributed by atoms with Crippen LogP contribution < -0.4 is 15.4 Å². The maximum Gasteiger partial charge on any atom is 0.261 e. The van der Waals surface area contributed by atoms with Crippen LogP contribution in [0.15, 0.2) is 24.5 Å². The lowest BCUT2D eigenvalue weighted by molar-refractivity contribution is -0.0227. The summed E-state index contributed by atoms with van der Waals surface area (Å²) in [6.45, 7) is 3.40. The second-order valence-corrected chi connectivity index (χ2v) is 10.4. The fraction of sp³-hybridized carbons (Fsp3) is 0.500. The molecule has 2 heterocycles. The Morgan fingerprint density at radius 3 is 2.75 bits per heavy atom. The van der Waals surface area contributed by atoms with Crippen molar-refractivity contribution in [3.63, 3.8) is 0 Å². The summed E-state index contributed by atoms with van der Waals surface area (Å²) >= 11 is 1.34. The van der Waals surface area contributed by atoms with Crippen molar-refractivity contribution in [2.75, 3.05) is 39.6 Å².